The van der Waals surface area contributed by atoms with Gasteiger partial charge in [0.1, 0.15) is 17.6 Å². The molecule has 0 spiro atoms. The van der Waals surface area contributed by atoms with Crippen molar-refractivity contribution >= 4 is 40.6 Å². The van der Waals surface area contributed by atoms with Crippen molar-refractivity contribution in [3.63, 3.8) is 0 Å². The number of amides is 2. The van der Waals surface area contributed by atoms with Crippen LogP contribution in [0.5, 0.6) is 0 Å². The van der Waals surface area contributed by atoms with Crippen LogP contribution in [0.25, 0.3) is 0 Å². The highest BCUT2D eigenvalue weighted by atomic mass is 16.6. The molecule has 10 nitrogen and oxygen atoms in total. The minimum atomic E-state index is -1.23. The molecule has 2 atom stereocenters. The number of carbonyl (C=O) groups is 3. The van der Waals surface area contributed by atoms with E-state index in [0.29, 0.717) is 5.69 Å². The van der Waals surface area contributed by atoms with Crippen molar-refractivity contribution in [2.45, 2.75) is 19.9 Å². The van der Waals surface area contributed by atoms with E-state index in [2.05, 4.69) is 5.10 Å². The fraction of sp³-hybridized carbons (Fsp3) is 0.238. The second kappa shape index (κ2) is 7.63. The minimum absolute atomic E-state index is 0.0653. The predicted octanol–water partition coefficient (Wildman–Crippen LogP) is 2.20. The van der Waals surface area contributed by atoms with E-state index in [1.165, 1.54) is 29.3 Å². The topological polar surface area (TPSA) is 122 Å². The molecule has 0 unspecified atom stereocenters. The van der Waals surface area contributed by atoms with Crippen LogP contribution in [0.4, 0.5) is 17.1 Å². The Morgan fingerprint density at radius 3 is 2.45 bits per heavy atom. The van der Waals surface area contributed by atoms with Gasteiger partial charge in [0, 0.05) is 6.07 Å². The van der Waals surface area contributed by atoms with Gasteiger partial charge in [-0.05, 0) is 32.0 Å². The minimum Gasteiger partial charge on any atom is -0.461 e. The lowest BCUT2D eigenvalue weighted by Crippen LogP contribution is -2.39. The van der Waals surface area contributed by atoms with Gasteiger partial charge in [0.2, 0.25) is 5.91 Å². The molecule has 2 aromatic carbocycles. The Morgan fingerprint density at radius 2 is 1.81 bits per heavy atom. The van der Waals surface area contributed by atoms with Gasteiger partial charge < -0.3 is 4.74 Å². The van der Waals surface area contributed by atoms with E-state index in [9.17, 15) is 24.5 Å². The maximum Gasteiger partial charge on any atom is 0.355 e. The van der Waals surface area contributed by atoms with Crippen molar-refractivity contribution in [1.29, 1.82) is 0 Å². The summed E-state index contributed by atoms with van der Waals surface area (Å²) in [6.45, 7) is 3.57. The van der Waals surface area contributed by atoms with Gasteiger partial charge in [0.15, 0.2) is 5.71 Å². The van der Waals surface area contributed by atoms with E-state index >= 15 is 0 Å². The van der Waals surface area contributed by atoms with E-state index in [1.54, 1.807) is 19.1 Å². The summed E-state index contributed by atoms with van der Waals surface area (Å²) in [6, 6.07) is 11.4. The molecular formula is C21H18N4O6. The third-order valence-electron chi connectivity index (χ3n) is 5.15. The Balaban J connectivity index is 1.82. The Kier molecular flexibility index (Phi) is 4.97. The molecule has 0 saturated carbocycles. The largest absolute Gasteiger partial charge is 0.461 e. The summed E-state index contributed by atoms with van der Waals surface area (Å²) in [5, 5.41) is 17.0. The summed E-state index contributed by atoms with van der Waals surface area (Å²) in [6.07, 6.45) is 0. The van der Waals surface area contributed by atoms with Crippen LogP contribution in [0.1, 0.15) is 12.5 Å². The summed E-state index contributed by atoms with van der Waals surface area (Å²) in [4.78, 5) is 50.7. The van der Waals surface area contributed by atoms with Gasteiger partial charge in [0.25, 0.3) is 11.6 Å². The number of carbonyl (C=O) groups excluding carboxylic acids is 3. The van der Waals surface area contributed by atoms with E-state index < -0.39 is 34.7 Å². The molecule has 158 valence electrons. The van der Waals surface area contributed by atoms with Crippen LogP contribution in [-0.2, 0) is 19.1 Å². The average Bonchev–Trinajstić information content (AvgIpc) is 3.26. The fourth-order valence-electron chi connectivity index (χ4n) is 3.74. The zero-order valence-electron chi connectivity index (χ0n) is 16.7. The molecule has 0 aromatic heterocycles. The van der Waals surface area contributed by atoms with Crippen LogP contribution >= 0.6 is 0 Å². The summed E-state index contributed by atoms with van der Waals surface area (Å²) < 4.78 is 5.04. The van der Waals surface area contributed by atoms with Gasteiger partial charge in [-0.2, -0.15) is 5.10 Å². The molecule has 1 saturated heterocycles. The number of rotatable bonds is 5. The van der Waals surface area contributed by atoms with Crippen molar-refractivity contribution in [1.82, 2.24) is 0 Å². The first kappa shape index (κ1) is 20.2. The van der Waals surface area contributed by atoms with E-state index in [1.807, 2.05) is 19.1 Å². The van der Waals surface area contributed by atoms with E-state index in [0.717, 1.165) is 10.5 Å². The normalized spacial score (nSPS) is 20.0. The van der Waals surface area contributed by atoms with E-state index in [-0.39, 0.29) is 23.7 Å². The molecule has 2 heterocycles. The SMILES string of the molecule is CCOC(=O)C1=NN(c2ccc(C)cc2)[C@@H]2C(=O)N(c3ccccc3[N+](=O)[O-])C(=O)[C@H]12. The molecule has 1 fully saturated rings. The number of nitro benzene ring substituents is 1. The number of nitrogens with zero attached hydrogens (tertiary/aromatic N) is 4. The van der Waals surface area contributed by atoms with Crippen molar-refractivity contribution < 1.29 is 24.0 Å². The van der Waals surface area contributed by atoms with Gasteiger partial charge in [-0.3, -0.25) is 24.7 Å². The Hall–Kier alpha value is -4.08. The monoisotopic (exact) mass is 422 g/mol. The van der Waals surface area contributed by atoms with Gasteiger partial charge >= 0.3 is 5.97 Å². The first-order valence-corrected chi connectivity index (χ1v) is 9.58. The summed E-state index contributed by atoms with van der Waals surface area (Å²) in [7, 11) is 0. The number of hydrazone groups is 1. The highest BCUT2D eigenvalue weighted by Crippen LogP contribution is 2.40. The zero-order chi connectivity index (χ0) is 22.3. The molecular weight excluding hydrogens is 404 g/mol. The highest BCUT2D eigenvalue weighted by molar-refractivity contribution is 6.47. The summed E-state index contributed by atoms with van der Waals surface area (Å²) >= 11 is 0. The van der Waals surface area contributed by atoms with E-state index in [4.69, 9.17) is 4.74 Å². The second-order valence-corrected chi connectivity index (χ2v) is 7.07. The number of imide groups is 1. The average molecular weight is 422 g/mol. The molecule has 31 heavy (non-hydrogen) atoms. The highest BCUT2D eigenvalue weighted by Gasteiger charge is 2.59. The third kappa shape index (κ3) is 3.21. The number of para-hydroxylation sites is 2. The van der Waals surface area contributed by atoms with Crippen LogP contribution in [0, 0.1) is 23.0 Å². The number of aryl methyl sites for hydroxylation is 1. The molecule has 0 aliphatic carbocycles. The van der Waals surface area contributed by atoms with Crippen LogP contribution in [-0.4, -0.2) is 41.1 Å². The standard InChI is InChI=1S/C21H18N4O6/c1-3-31-21(28)17-16-18(24(22-17)13-10-8-12(2)9-11-13)20(27)23(19(16)26)14-6-4-5-7-15(14)25(29)30/h4-11,16,18H,3H2,1-2H3/t16-,18+/m1/s1. The number of benzene rings is 2. The Labute approximate surface area is 176 Å². The smallest absolute Gasteiger partial charge is 0.355 e. The molecule has 2 aliphatic rings. The number of nitro groups is 1. The molecule has 0 radical (unpaired) electrons. The number of hydrogen-bond acceptors (Lipinski definition) is 8. The van der Waals surface area contributed by atoms with Crippen molar-refractivity contribution in [2.24, 2.45) is 11.0 Å². The van der Waals surface area contributed by atoms with Gasteiger partial charge in [-0.15, -0.1) is 0 Å². The third-order valence-corrected chi connectivity index (χ3v) is 5.15. The molecule has 2 aliphatic heterocycles. The molecule has 0 bridgehead atoms. The number of esters is 1. The van der Waals surface area contributed by atoms with Crippen molar-refractivity contribution in [3.8, 4) is 0 Å². The molecule has 4 rings (SSSR count). The second-order valence-electron chi connectivity index (χ2n) is 7.07. The number of ether oxygens (including phenoxy) is 1. The van der Waals surface area contributed by atoms with Gasteiger partial charge in [0.05, 0.1) is 17.2 Å². The molecule has 10 heteroatoms. The Bertz CT molecular complexity index is 1130. The first-order valence-electron chi connectivity index (χ1n) is 9.58. The predicted molar refractivity (Wildman–Crippen MR) is 111 cm³/mol. The quantitative estimate of drug-likeness (QED) is 0.313. The number of hydrogen-bond donors (Lipinski definition) is 0. The maximum atomic E-state index is 13.4. The lowest BCUT2D eigenvalue weighted by Gasteiger charge is -2.22. The molecule has 2 aromatic rings. The number of anilines is 2. The fourth-order valence-corrected chi connectivity index (χ4v) is 3.74. The lowest BCUT2D eigenvalue weighted by molar-refractivity contribution is -0.384. The summed E-state index contributed by atoms with van der Waals surface area (Å²) in [5.41, 5.74) is 0.742. The van der Waals surface area contributed by atoms with Crippen LogP contribution in [0.15, 0.2) is 53.6 Å². The van der Waals surface area contributed by atoms with Gasteiger partial charge in [-0.25, -0.2) is 9.69 Å². The number of fused-ring (bicyclic) bond motifs is 1. The lowest BCUT2D eigenvalue weighted by atomic mass is 9.97. The zero-order valence-corrected chi connectivity index (χ0v) is 16.7. The van der Waals surface area contributed by atoms with Crippen LogP contribution in [0.2, 0.25) is 0 Å². The summed E-state index contributed by atoms with van der Waals surface area (Å²) in [5.74, 6) is -3.50. The maximum absolute atomic E-state index is 13.4. The van der Waals surface area contributed by atoms with Crippen LogP contribution in [0.3, 0.4) is 0 Å². The molecule has 2 amide bonds. The van der Waals surface area contributed by atoms with Gasteiger partial charge in [-0.1, -0.05) is 29.8 Å². The van der Waals surface area contributed by atoms with Crippen molar-refractivity contribution in [2.75, 3.05) is 16.5 Å². The molecule has 0 N–H and O–H groups in total. The van der Waals surface area contributed by atoms with Crippen LogP contribution < -0.4 is 9.91 Å². The van der Waals surface area contributed by atoms with Crippen molar-refractivity contribution in [3.05, 3.63) is 64.2 Å². The Morgan fingerprint density at radius 1 is 1.13 bits per heavy atom. The first-order chi connectivity index (χ1) is 14.8.